The zero-order valence-corrected chi connectivity index (χ0v) is 14.8. The van der Waals surface area contributed by atoms with E-state index in [4.69, 9.17) is 60.7 Å². The molecule has 2 unspecified atom stereocenters. The topological polar surface area (TPSA) is 107 Å². The van der Waals surface area contributed by atoms with Crippen LogP contribution in [0.3, 0.4) is 0 Å². The Morgan fingerprint density at radius 2 is 1.64 bits per heavy atom. The van der Waals surface area contributed by atoms with Gasteiger partial charge in [-0.1, -0.05) is 16.1 Å². The first-order valence-corrected chi connectivity index (χ1v) is 7.91. The molecule has 2 aromatic rings. The molecule has 14 radical (unpaired) electrons. The third-order valence-electron chi connectivity index (χ3n) is 5.04. The molecule has 7 nitrogen and oxygen atoms in total. The SMILES string of the molecule is [B]c1c([B])c(N)c2c(=O)n(C3([B])C(=O)NC(=O)C([B])C3([B])[B])c(C)nc2c1[B]. The molecule has 1 aliphatic rings. The normalized spacial score (nSPS) is 24.2. The van der Waals surface area contributed by atoms with Crippen LogP contribution in [0.4, 0.5) is 5.69 Å². The predicted molar refractivity (Wildman–Crippen MR) is 112 cm³/mol. The Hall–Kier alpha value is -2.25. The van der Waals surface area contributed by atoms with E-state index in [2.05, 4.69) is 4.98 Å². The van der Waals surface area contributed by atoms with Crippen LogP contribution in [0, 0.1) is 6.92 Å². The van der Waals surface area contributed by atoms with Crippen LogP contribution >= 0.6 is 0 Å². The quantitative estimate of drug-likeness (QED) is 0.302. The maximum absolute atomic E-state index is 13.3. The molecular formula is C14H7B7N4O3. The number of imide groups is 1. The van der Waals surface area contributed by atoms with Gasteiger partial charge in [0.1, 0.15) is 37.2 Å². The van der Waals surface area contributed by atoms with E-state index in [1.807, 2.05) is 5.32 Å². The molecule has 1 aromatic carbocycles. The third kappa shape index (κ3) is 2.32. The van der Waals surface area contributed by atoms with Crippen molar-refractivity contribution >= 4 is 99.7 Å². The molecule has 28 heavy (non-hydrogen) atoms. The van der Waals surface area contributed by atoms with Gasteiger partial charge in [-0.05, 0) is 12.7 Å². The molecule has 0 saturated carbocycles. The molecule has 3 N–H and O–H groups in total. The van der Waals surface area contributed by atoms with Crippen LogP contribution in [0.1, 0.15) is 5.82 Å². The van der Waals surface area contributed by atoms with Crippen molar-refractivity contribution < 1.29 is 9.59 Å². The van der Waals surface area contributed by atoms with E-state index in [1.54, 1.807) is 0 Å². The molecular weight excluding hydrogens is 348 g/mol. The number of nitrogens with one attached hydrogen (secondary N) is 1. The highest BCUT2D eigenvalue weighted by Gasteiger charge is 2.56. The summed E-state index contributed by atoms with van der Waals surface area (Å²) >= 11 is 0. The van der Waals surface area contributed by atoms with Crippen LogP contribution in [0.15, 0.2) is 4.79 Å². The number of hydrogen-bond acceptors (Lipinski definition) is 5. The average molecular weight is 355 g/mol. The number of nitrogens with zero attached hydrogens (tertiary/aromatic N) is 2. The second-order valence-electron chi connectivity index (χ2n) is 6.67. The Kier molecular flexibility index (Phi) is 4.48. The number of aromatic nitrogens is 2. The number of rotatable bonds is 1. The Bertz CT molecular complexity index is 1130. The zero-order chi connectivity index (χ0) is 21.3. The standard InChI is InChI=1S/C14H7B7N4O3/c1-2-23-8-3(7(22)5(16)4(15)6(8)17)11(27)25(2)14(21)12(28)24-10(26)9(18)13(14,19)20/h9H,22H2,1H3,(H,24,26,28). The number of fused-ring (bicyclic) bond motifs is 1. The zero-order valence-electron chi connectivity index (χ0n) is 14.8. The summed E-state index contributed by atoms with van der Waals surface area (Å²) in [6.45, 7) is 1.35. The molecule has 1 fully saturated rings. The number of nitrogens with two attached hydrogens (primary N) is 1. The summed E-state index contributed by atoms with van der Waals surface area (Å²) in [5.74, 6) is -3.81. The maximum atomic E-state index is 13.3. The van der Waals surface area contributed by atoms with E-state index in [-0.39, 0.29) is 38.8 Å². The first-order chi connectivity index (χ1) is 12.8. The van der Waals surface area contributed by atoms with Crippen LogP contribution in [0.2, 0.25) is 11.0 Å². The summed E-state index contributed by atoms with van der Waals surface area (Å²) in [6, 6.07) is 0. The van der Waals surface area contributed by atoms with Gasteiger partial charge in [0.05, 0.1) is 39.9 Å². The molecule has 3 rings (SSSR count). The summed E-state index contributed by atoms with van der Waals surface area (Å²) in [7, 11) is 41.4. The highest BCUT2D eigenvalue weighted by molar-refractivity contribution is 6.61. The molecule has 2 heterocycles. The minimum Gasteiger partial charge on any atom is -0.399 e. The van der Waals surface area contributed by atoms with Crippen molar-refractivity contribution in [1.82, 2.24) is 14.9 Å². The van der Waals surface area contributed by atoms with Gasteiger partial charge in [0.2, 0.25) is 11.8 Å². The number of carbonyl (C=O) groups is 2. The van der Waals surface area contributed by atoms with Gasteiger partial charge in [0.25, 0.3) is 5.56 Å². The molecule has 2 amide bonds. The van der Waals surface area contributed by atoms with Crippen molar-refractivity contribution in [2.75, 3.05) is 5.73 Å². The summed E-state index contributed by atoms with van der Waals surface area (Å²) in [5.41, 5.74) is 2.01. The van der Waals surface area contributed by atoms with E-state index in [1.165, 1.54) is 6.92 Å². The van der Waals surface area contributed by atoms with Crippen LogP contribution in [0.5, 0.6) is 0 Å². The number of amides is 2. The lowest BCUT2D eigenvalue weighted by Crippen LogP contribution is -2.68. The Labute approximate surface area is 169 Å². The van der Waals surface area contributed by atoms with E-state index >= 15 is 0 Å². The smallest absolute Gasteiger partial charge is 0.263 e. The van der Waals surface area contributed by atoms with Gasteiger partial charge >= 0.3 is 0 Å². The van der Waals surface area contributed by atoms with Crippen molar-refractivity contribution in [3.63, 3.8) is 0 Å². The monoisotopic (exact) mass is 356 g/mol. The molecule has 0 spiro atoms. The number of aryl methyl sites for hydroxylation is 1. The van der Waals surface area contributed by atoms with Crippen LogP contribution in [0.25, 0.3) is 10.9 Å². The number of anilines is 1. The number of piperidine rings is 1. The van der Waals surface area contributed by atoms with Crippen molar-refractivity contribution in [1.29, 1.82) is 0 Å². The Morgan fingerprint density at radius 3 is 2.21 bits per heavy atom. The fourth-order valence-electron chi connectivity index (χ4n) is 3.26. The molecule has 14 heteroatoms. The minimum atomic E-state index is -2.49. The summed E-state index contributed by atoms with van der Waals surface area (Å²) in [6.07, 6.45) is 0. The fourth-order valence-corrected chi connectivity index (χ4v) is 3.26. The van der Waals surface area contributed by atoms with Crippen molar-refractivity contribution in [2.45, 2.75) is 23.4 Å². The van der Waals surface area contributed by atoms with Gasteiger partial charge in [-0.25, -0.2) is 4.98 Å². The second kappa shape index (κ2) is 6.13. The summed E-state index contributed by atoms with van der Waals surface area (Å²) in [4.78, 5) is 42.0. The lowest BCUT2D eigenvalue weighted by Gasteiger charge is -2.52. The third-order valence-corrected chi connectivity index (χ3v) is 5.04. The van der Waals surface area contributed by atoms with Gasteiger partial charge in [0, 0.05) is 5.69 Å². The molecule has 1 aromatic heterocycles. The molecule has 1 aliphatic heterocycles. The number of hydrogen-bond donors (Lipinski definition) is 2. The number of nitrogen functional groups attached to an aromatic ring is 1. The molecule has 2 atom stereocenters. The van der Waals surface area contributed by atoms with Gasteiger partial charge < -0.3 is 5.73 Å². The lowest BCUT2D eigenvalue weighted by molar-refractivity contribution is -0.138. The Balaban J connectivity index is 2.50. The van der Waals surface area contributed by atoms with Gasteiger partial charge in [-0.3, -0.25) is 24.3 Å². The van der Waals surface area contributed by atoms with Gasteiger partial charge in [-0.15, -0.1) is 5.46 Å². The molecule has 0 bridgehead atoms. The van der Waals surface area contributed by atoms with Crippen molar-refractivity contribution in [3.8, 4) is 0 Å². The first kappa shape index (κ1) is 20.5. The van der Waals surface area contributed by atoms with Crippen LogP contribution < -0.4 is 33.0 Å². The van der Waals surface area contributed by atoms with Crippen LogP contribution in [-0.2, 0) is 15.0 Å². The van der Waals surface area contributed by atoms with E-state index < -0.39 is 33.8 Å². The van der Waals surface area contributed by atoms with E-state index in [9.17, 15) is 14.4 Å². The number of carbonyl (C=O) groups excluding carboxylic acids is 2. The second-order valence-corrected chi connectivity index (χ2v) is 6.67. The summed E-state index contributed by atoms with van der Waals surface area (Å²) < 4.78 is 0.711. The molecule has 122 valence electrons. The largest absolute Gasteiger partial charge is 0.399 e. The maximum Gasteiger partial charge on any atom is 0.263 e. The van der Waals surface area contributed by atoms with Gasteiger partial charge in [0.15, 0.2) is 0 Å². The highest BCUT2D eigenvalue weighted by Crippen LogP contribution is 2.47. The molecule has 0 aliphatic carbocycles. The highest BCUT2D eigenvalue weighted by atomic mass is 16.2. The summed E-state index contributed by atoms with van der Waals surface area (Å²) in [5, 5.41) is -0.646. The fraction of sp³-hybridized carbons (Fsp3) is 0.286. The predicted octanol–water partition coefficient (Wildman–Crippen LogP) is -5.44. The minimum absolute atomic E-state index is 0.0391. The first-order valence-electron chi connectivity index (χ1n) is 7.91. The van der Waals surface area contributed by atoms with E-state index in [0.717, 1.165) is 0 Å². The lowest BCUT2D eigenvalue weighted by atomic mass is 9.31. The van der Waals surface area contributed by atoms with Crippen molar-refractivity contribution in [2.24, 2.45) is 0 Å². The molecule has 1 saturated heterocycles. The van der Waals surface area contributed by atoms with Gasteiger partial charge in [-0.2, -0.15) is 0 Å². The van der Waals surface area contributed by atoms with E-state index in [0.29, 0.717) is 4.57 Å². The van der Waals surface area contributed by atoms with Crippen LogP contribution in [-0.4, -0.2) is 76.3 Å². The Morgan fingerprint density at radius 1 is 1.07 bits per heavy atom. The van der Waals surface area contributed by atoms with Crippen molar-refractivity contribution in [3.05, 3.63) is 16.2 Å². The average Bonchev–Trinajstić information content (AvgIpc) is 2.61. The number of benzene rings is 1.